The molecule has 2 fully saturated rings. The van der Waals surface area contributed by atoms with Crippen LogP contribution < -0.4 is 5.32 Å². The molecule has 0 amide bonds. The molecule has 1 aromatic heterocycles. The highest BCUT2D eigenvalue weighted by atomic mass is 16.1. The summed E-state index contributed by atoms with van der Waals surface area (Å²) in [6, 6.07) is 1.32. The van der Waals surface area contributed by atoms with Gasteiger partial charge in [-0.25, -0.2) is 9.67 Å². The van der Waals surface area contributed by atoms with Gasteiger partial charge in [0.1, 0.15) is 17.9 Å². The maximum Gasteiger partial charge on any atom is 0.140 e. The van der Waals surface area contributed by atoms with Crippen LogP contribution in [0.4, 0.5) is 0 Å². The molecule has 21 heavy (non-hydrogen) atoms. The van der Waals surface area contributed by atoms with Crippen LogP contribution in [0.15, 0.2) is 6.33 Å². The molecule has 2 aliphatic rings. The average molecular weight is 290 g/mol. The summed E-state index contributed by atoms with van der Waals surface area (Å²) in [6.07, 6.45) is 7.63. The van der Waals surface area contributed by atoms with Gasteiger partial charge in [0.15, 0.2) is 0 Å². The van der Waals surface area contributed by atoms with Gasteiger partial charge in [0.25, 0.3) is 0 Å². The highest BCUT2D eigenvalue weighted by molar-refractivity contribution is 5.80. The predicted molar refractivity (Wildman–Crippen MR) is 80.9 cm³/mol. The monoisotopic (exact) mass is 290 g/mol. The lowest BCUT2D eigenvalue weighted by molar-refractivity contribution is -0.119. The molecule has 2 saturated heterocycles. The van der Waals surface area contributed by atoms with Crippen LogP contribution >= 0.6 is 0 Å². The van der Waals surface area contributed by atoms with E-state index in [1.54, 1.807) is 6.33 Å². The number of ketones is 1. The Labute approximate surface area is 126 Å². The number of fused-ring (bicyclic) bond motifs is 2. The Hall–Kier alpha value is -1.23. The molecule has 0 aliphatic carbocycles. The number of piperidine rings is 1. The first-order valence-corrected chi connectivity index (χ1v) is 8.24. The van der Waals surface area contributed by atoms with Crippen LogP contribution in [0.1, 0.15) is 51.8 Å². The quantitative estimate of drug-likeness (QED) is 0.870. The van der Waals surface area contributed by atoms with Gasteiger partial charge in [-0.3, -0.25) is 4.79 Å². The van der Waals surface area contributed by atoms with E-state index in [9.17, 15) is 4.79 Å². The minimum absolute atomic E-state index is 0.319. The van der Waals surface area contributed by atoms with Crippen molar-refractivity contribution in [3.05, 3.63) is 12.2 Å². The lowest BCUT2D eigenvalue weighted by Gasteiger charge is -2.28. The highest BCUT2D eigenvalue weighted by Gasteiger charge is 2.34. The van der Waals surface area contributed by atoms with Crippen molar-refractivity contribution in [2.24, 2.45) is 11.8 Å². The van der Waals surface area contributed by atoms with E-state index in [0.717, 1.165) is 12.4 Å². The largest absolute Gasteiger partial charge is 0.311 e. The second kappa shape index (κ2) is 6.26. The van der Waals surface area contributed by atoms with Crippen molar-refractivity contribution in [2.75, 3.05) is 0 Å². The molecular formula is C16H26N4O. The second-order valence-corrected chi connectivity index (χ2v) is 7.15. The average Bonchev–Trinajstić information content (AvgIpc) is 2.96. The van der Waals surface area contributed by atoms with Gasteiger partial charge in [-0.05, 0) is 37.5 Å². The normalized spacial score (nSPS) is 28.2. The Kier molecular flexibility index (Phi) is 4.38. The van der Waals surface area contributed by atoms with Crippen LogP contribution in [0.3, 0.4) is 0 Å². The Morgan fingerprint density at radius 2 is 2.10 bits per heavy atom. The van der Waals surface area contributed by atoms with Crippen molar-refractivity contribution in [3.63, 3.8) is 0 Å². The number of hydrogen-bond donors (Lipinski definition) is 1. The fraction of sp³-hybridized carbons (Fsp3) is 0.812. The van der Waals surface area contributed by atoms with Crippen LogP contribution in [-0.4, -0.2) is 32.6 Å². The second-order valence-electron chi connectivity index (χ2n) is 7.15. The van der Waals surface area contributed by atoms with Crippen molar-refractivity contribution >= 4 is 5.78 Å². The molecule has 0 radical (unpaired) electrons. The van der Waals surface area contributed by atoms with Crippen LogP contribution in [0.2, 0.25) is 0 Å². The van der Waals surface area contributed by atoms with Crippen LogP contribution in [-0.2, 0) is 17.8 Å². The zero-order valence-electron chi connectivity index (χ0n) is 13.1. The van der Waals surface area contributed by atoms with E-state index in [0.29, 0.717) is 42.5 Å². The number of aromatic nitrogens is 3. The molecule has 0 aromatic carbocycles. The van der Waals surface area contributed by atoms with Gasteiger partial charge >= 0.3 is 0 Å². The molecule has 2 bridgehead atoms. The fourth-order valence-corrected chi connectivity index (χ4v) is 3.84. The van der Waals surface area contributed by atoms with Gasteiger partial charge in [0.2, 0.25) is 0 Å². The first-order valence-electron chi connectivity index (χ1n) is 8.24. The van der Waals surface area contributed by atoms with E-state index < -0.39 is 0 Å². The molecule has 3 rings (SSSR count). The zero-order valence-corrected chi connectivity index (χ0v) is 13.1. The van der Waals surface area contributed by atoms with Gasteiger partial charge < -0.3 is 5.32 Å². The molecule has 3 heterocycles. The molecule has 1 aromatic rings. The summed E-state index contributed by atoms with van der Waals surface area (Å²) in [4.78, 5) is 16.6. The number of hydrogen-bond acceptors (Lipinski definition) is 4. The third kappa shape index (κ3) is 3.70. The fourth-order valence-electron chi connectivity index (χ4n) is 3.84. The van der Waals surface area contributed by atoms with Crippen molar-refractivity contribution in [1.29, 1.82) is 0 Å². The molecule has 1 N–H and O–H groups in total. The standard InChI is InChI=1S/C16H26N4O/c1-11(2)9-20-16(17-10-18-20)8-15(21)7-12-5-13-3-4-14(6-12)19-13/h10-14,19H,3-9H2,1-2H3. The number of carbonyl (C=O) groups excluding carboxylic acids is 1. The molecule has 5 heteroatoms. The smallest absolute Gasteiger partial charge is 0.140 e. The minimum Gasteiger partial charge on any atom is -0.311 e. The highest BCUT2D eigenvalue weighted by Crippen LogP contribution is 2.32. The van der Waals surface area contributed by atoms with Crippen LogP contribution in [0.5, 0.6) is 0 Å². The van der Waals surface area contributed by atoms with Gasteiger partial charge in [0.05, 0.1) is 6.42 Å². The molecule has 2 aliphatic heterocycles. The Morgan fingerprint density at radius 3 is 2.76 bits per heavy atom. The number of nitrogens with one attached hydrogen (secondary N) is 1. The molecule has 2 unspecified atom stereocenters. The lowest BCUT2D eigenvalue weighted by Crippen LogP contribution is -2.38. The first kappa shape index (κ1) is 14.7. The summed E-state index contributed by atoms with van der Waals surface area (Å²) in [6.45, 7) is 5.14. The van der Waals surface area contributed by atoms with Crippen molar-refractivity contribution in [2.45, 2.75) is 71.0 Å². The Balaban J connectivity index is 1.53. The van der Waals surface area contributed by atoms with Crippen molar-refractivity contribution in [1.82, 2.24) is 20.1 Å². The third-order valence-electron chi connectivity index (χ3n) is 4.68. The van der Waals surface area contributed by atoms with E-state index in [1.807, 2.05) is 4.68 Å². The summed E-state index contributed by atoms with van der Waals surface area (Å²) in [5, 5.41) is 7.87. The summed E-state index contributed by atoms with van der Waals surface area (Å²) >= 11 is 0. The molecule has 2 atom stereocenters. The van der Waals surface area contributed by atoms with Crippen molar-refractivity contribution in [3.8, 4) is 0 Å². The predicted octanol–water partition coefficient (Wildman–Crippen LogP) is 1.97. The van der Waals surface area contributed by atoms with E-state index in [-0.39, 0.29) is 0 Å². The van der Waals surface area contributed by atoms with Gasteiger partial charge in [-0.15, -0.1) is 0 Å². The summed E-state index contributed by atoms with van der Waals surface area (Å²) < 4.78 is 1.88. The zero-order chi connectivity index (χ0) is 14.8. The molecular weight excluding hydrogens is 264 g/mol. The van der Waals surface area contributed by atoms with E-state index in [2.05, 4.69) is 29.2 Å². The number of Topliss-reactive ketones (excluding diaryl/α,β-unsaturated/α-hetero) is 1. The van der Waals surface area contributed by atoms with E-state index >= 15 is 0 Å². The molecule has 116 valence electrons. The number of carbonyl (C=O) groups is 1. The Bertz CT molecular complexity index is 484. The molecule has 5 nitrogen and oxygen atoms in total. The van der Waals surface area contributed by atoms with E-state index in [4.69, 9.17) is 0 Å². The molecule has 0 saturated carbocycles. The SMILES string of the molecule is CC(C)Cn1ncnc1CC(=O)CC1CC2CCC(C1)N2. The Morgan fingerprint density at radius 1 is 1.38 bits per heavy atom. The maximum absolute atomic E-state index is 12.3. The van der Waals surface area contributed by atoms with Crippen molar-refractivity contribution < 1.29 is 4.79 Å². The lowest BCUT2D eigenvalue weighted by atomic mass is 9.87. The summed E-state index contributed by atoms with van der Waals surface area (Å²) in [7, 11) is 0. The summed E-state index contributed by atoms with van der Waals surface area (Å²) in [5.74, 6) is 2.23. The van der Waals surface area contributed by atoms with Gasteiger partial charge in [0, 0.05) is 25.0 Å². The van der Waals surface area contributed by atoms with Crippen LogP contribution in [0, 0.1) is 11.8 Å². The summed E-state index contributed by atoms with van der Waals surface area (Å²) in [5.41, 5.74) is 0. The van der Waals surface area contributed by atoms with E-state index in [1.165, 1.54) is 25.7 Å². The third-order valence-corrected chi connectivity index (χ3v) is 4.68. The molecule has 0 spiro atoms. The topological polar surface area (TPSA) is 59.8 Å². The van der Waals surface area contributed by atoms with Gasteiger partial charge in [-0.1, -0.05) is 13.8 Å². The van der Waals surface area contributed by atoms with Gasteiger partial charge in [-0.2, -0.15) is 5.10 Å². The number of nitrogens with zero attached hydrogens (tertiary/aromatic N) is 3. The first-order chi connectivity index (χ1) is 10.1. The maximum atomic E-state index is 12.3. The number of rotatable bonds is 6. The minimum atomic E-state index is 0.319. The van der Waals surface area contributed by atoms with Crippen LogP contribution in [0.25, 0.3) is 0 Å².